The number of nitrogen functional groups attached to an aromatic ring is 1. The van der Waals surface area contributed by atoms with Gasteiger partial charge in [0.2, 0.25) is 10.0 Å². The van der Waals surface area contributed by atoms with Crippen LogP contribution in [0.3, 0.4) is 0 Å². The molecule has 3 rings (SSSR count). The molecule has 2 unspecified atom stereocenters. The van der Waals surface area contributed by atoms with Crippen LogP contribution < -0.4 is 10.5 Å². The van der Waals surface area contributed by atoms with Gasteiger partial charge in [0.25, 0.3) is 0 Å². The molecule has 2 atom stereocenters. The number of benzene rings is 1. The summed E-state index contributed by atoms with van der Waals surface area (Å²) in [6, 6.07) is 7.10. The zero-order valence-electron chi connectivity index (χ0n) is 18.2. The van der Waals surface area contributed by atoms with E-state index in [2.05, 4.69) is 9.71 Å². The second kappa shape index (κ2) is 9.97. The summed E-state index contributed by atoms with van der Waals surface area (Å²) < 4.78 is 28.3. The molecule has 0 radical (unpaired) electrons. The second-order valence-electron chi connectivity index (χ2n) is 7.54. The van der Waals surface area contributed by atoms with Crippen molar-refractivity contribution >= 4 is 33.6 Å². The molecule has 2 aromatic rings. The third-order valence-electron chi connectivity index (χ3n) is 5.37. The molecule has 1 aromatic carbocycles. The normalized spacial score (nSPS) is 17.5. The van der Waals surface area contributed by atoms with E-state index in [9.17, 15) is 27.9 Å². The zero-order chi connectivity index (χ0) is 25.0. The van der Waals surface area contributed by atoms with Crippen LogP contribution in [0.25, 0.3) is 0 Å². The van der Waals surface area contributed by atoms with Gasteiger partial charge in [-0.15, -0.1) is 0 Å². The number of sulfonamides is 1. The maximum absolute atomic E-state index is 13.0. The number of carboxylic acids is 1. The number of rotatable bonds is 9. The van der Waals surface area contributed by atoms with Crippen molar-refractivity contribution in [3.63, 3.8) is 0 Å². The highest BCUT2D eigenvalue weighted by Crippen LogP contribution is 2.19. The van der Waals surface area contributed by atoms with E-state index < -0.39 is 40.0 Å². The lowest BCUT2D eigenvalue weighted by molar-refractivity contribution is -0.165. The predicted octanol–water partition coefficient (Wildman–Crippen LogP) is -0.643. The Morgan fingerprint density at radius 1 is 1.26 bits per heavy atom. The summed E-state index contributed by atoms with van der Waals surface area (Å²) in [5, 5.41) is 17.2. The van der Waals surface area contributed by atoms with Crippen LogP contribution in [0.15, 0.2) is 53.7 Å². The maximum Gasteiger partial charge on any atom is 0.326 e. The van der Waals surface area contributed by atoms with Crippen molar-refractivity contribution in [1.29, 1.82) is 5.41 Å². The van der Waals surface area contributed by atoms with Crippen molar-refractivity contribution in [2.75, 3.05) is 13.1 Å². The lowest BCUT2D eigenvalue weighted by Crippen LogP contribution is -2.67. The molecule has 1 aromatic heterocycles. The van der Waals surface area contributed by atoms with Crippen LogP contribution in [-0.4, -0.2) is 77.2 Å². The quantitative estimate of drug-likeness (QED) is 0.204. The fourth-order valence-corrected chi connectivity index (χ4v) is 4.81. The number of carbonyl (C=O) groups is 3. The van der Waals surface area contributed by atoms with Crippen molar-refractivity contribution in [3.05, 3.63) is 59.9 Å². The van der Waals surface area contributed by atoms with Crippen molar-refractivity contribution in [2.45, 2.75) is 30.4 Å². The third kappa shape index (κ3) is 5.21. The number of hydrogen-bond donors (Lipinski definition) is 4. The van der Waals surface area contributed by atoms with Crippen LogP contribution >= 0.6 is 0 Å². The zero-order valence-corrected chi connectivity index (χ0v) is 19.0. The molecular formula is C21H24N6O6S. The lowest BCUT2D eigenvalue weighted by atomic mass is 10.0. The number of likely N-dealkylation sites (N-methyl/N-ethyl adjacent to an activating group) is 1. The summed E-state index contributed by atoms with van der Waals surface area (Å²) in [7, 11) is -4.17. The smallest absolute Gasteiger partial charge is 0.326 e. The van der Waals surface area contributed by atoms with E-state index in [0.29, 0.717) is 11.1 Å². The first-order valence-electron chi connectivity index (χ1n) is 10.2. The van der Waals surface area contributed by atoms with Crippen LogP contribution in [0.5, 0.6) is 0 Å². The first-order valence-corrected chi connectivity index (χ1v) is 11.7. The molecule has 0 bridgehead atoms. The molecule has 2 amide bonds. The first-order chi connectivity index (χ1) is 16.0. The molecule has 0 saturated carbocycles. The highest BCUT2D eigenvalue weighted by atomic mass is 32.2. The number of nitrogens with two attached hydrogens (primary N) is 1. The molecule has 1 saturated heterocycles. The van der Waals surface area contributed by atoms with E-state index >= 15 is 0 Å². The Morgan fingerprint density at radius 3 is 2.47 bits per heavy atom. The number of nitrogens with zero attached hydrogens (tertiary/aromatic N) is 3. The standard InChI is InChI=1S/C21H24N6O6S/c1-2-26-17(25-34(32,33)15-7-5-14(6-8-15)18(22)23)12-27(20(29)19(26)28)16(21(30)31)10-13-4-3-9-24-11-13/h3-9,11,16-17,25H,2,10,12H2,1H3,(H3,22,23)(H,30,31). The molecule has 12 nitrogen and oxygen atoms in total. The van der Waals surface area contributed by atoms with E-state index in [4.69, 9.17) is 11.1 Å². The number of pyridine rings is 1. The molecule has 13 heteroatoms. The van der Waals surface area contributed by atoms with Gasteiger partial charge in [0.05, 0.1) is 11.4 Å². The molecule has 2 heterocycles. The summed E-state index contributed by atoms with van der Waals surface area (Å²) >= 11 is 0. The van der Waals surface area contributed by atoms with Crippen LogP contribution in [0.1, 0.15) is 18.1 Å². The monoisotopic (exact) mass is 488 g/mol. The molecule has 5 N–H and O–H groups in total. The second-order valence-corrected chi connectivity index (χ2v) is 9.26. The number of amides is 2. The van der Waals surface area contributed by atoms with Crippen molar-refractivity contribution in [1.82, 2.24) is 19.5 Å². The summed E-state index contributed by atoms with van der Waals surface area (Å²) in [5.74, 6) is -3.60. The largest absolute Gasteiger partial charge is 0.480 e. The number of aromatic nitrogens is 1. The number of aliphatic carboxylic acids is 1. The van der Waals surface area contributed by atoms with Gasteiger partial charge in [0.1, 0.15) is 18.0 Å². The van der Waals surface area contributed by atoms with Crippen LogP contribution in [0.2, 0.25) is 0 Å². The topological polar surface area (TPSA) is 187 Å². The lowest BCUT2D eigenvalue weighted by Gasteiger charge is -2.42. The van der Waals surface area contributed by atoms with E-state index in [1.807, 2.05) is 0 Å². The minimum atomic E-state index is -4.17. The number of amidine groups is 1. The highest BCUT2D eigenvalue weighted by molar-refractivity contribution is 7.89. The predicted molar refractivity (Wildman–Crippen MR) is 120 cm³/mol. The Balaban J connectivity index is 1.89. The first kappa shape index (κ1) is 24.8. The van der Waals surface area contributed by atoms with Gasteiger partial charge in [-0.05, 0) is 42.8 Å². The molecule has 1 aliphatic rings. The number of piperazine rings is 1. The van der Waals surface area contributed by atoms with E-state index in [1.165, 1.54) is 36.7 Å². The molecule has 0 aliphatic carbocycles. The number of nitrogens with one attached hydrogen (secondary N) is 2. The summed E-state index contributed by atoms with van der Waals surface area (Å²) in [6.45, 7) is 1.24. The van der Waals surface area contributed by atoms with Gasteiger partial charge < -0.3 is 20.6 Å². The van der Waals surface area contributed by atoms with Crippen LogP contribution in [0.4, 0.5) is 0 Å². The molecule has 34 heavy (non-hydrogen) atoms. The molecule has 180 valence electrons. The van der Waals surface area contributed by atoms with E-state index in [1.54, 1.807) is 19.1 Å². The Morgan fingerprint density at radius 2 is 1.94 bits per heavy atom. The average Bonchev–Trinajstić information content (AvgIpc) is 2.80. The van der Waals surface area contributed by atoms with Gasteiger partial charge in [-0.1, -0.05) is 6.07 Å². The van der Waals surface area contributed by atoms with Gasteiger partial charge in [-0.2, -0.15) is 4.72 Å². The average molecular weight is 489 g/mol. The van der Waals surface area contributed by atoms with Gasteiger partial charge in [0, 0.05) is 30.9 Å². The van der Waals surface area contributed by atoms with Gasteiger partial charge >= 0.3 is 17.8 Å². The SMILES string of the molecule is CCN1C(=O)C(=O)N(C(Cc2cccnc2)C(=O)O)CC1NS(=O)(=O)c1ccc(C(=N)N)cc1. The third-order valence-corrected chi connectivity index (χ3v) is 6.85. The summed E-state index contributed by atoms with van der Waals surface area (Å²) in [6.07, 6.45) is 1.67. The van der Waals surface area contributed by atoms with Crippen LogP contribution in [0, 0.1) is 5.41 Å². The fraction of sp³-hybridized carbons (Fsp3) is 0.286. The van der Waals surface area contributed by atoms with E-state index in [0.717, 1.165) is 9.80 Å². The summed E-state index contributed by atoms with van der Waals surface area (Å²) in [4.78, 5) is 43.2. The molecule has 0 spiro atoms. The van der Waals surface area contributed by atoms with Gasteiger partial charge in [-0.25, -0.2) is 13.2 Å². The molecular weight excluding hydrogens is 464 g/mol. The Bertz CT molecular complexity index is 1200. The highest BCUT2D eigenvalue weighted by Gasteiger charge is 2.44. The molecule has 1 fully saturated rings. The number of hydrogen-bond acceptors (Lipinski definition) is 7. The van der Waals surface area contributed by atoms with Gasteiger partial charge in [-0.3, -0.25) is 20.0 Å². The minimum absolute atomic E-state index is 0.0230. The fourth-order valence-electron chi connectivity index (χ4n) is 3.62. The van der Waals surface area contributed by atoms with Gasteiger partial charge in [0.15, 0.2) is 0 Å². The Labute approximate surface area is 195 Å². The van der Waals surface area contributed by atoms with Crippen LogP contribution in [-0.2, 0) is 30.8 Å². The Hall–Kier alpha value is -3.84. The van der Waals surface area contributed by atoms with Crippen molar-refractivity contribution < 1.29 is 27.9 Å². The van der Waals surface area contributed by atoms with E-state index in [-0.39, 0.29) is 30.2 Å². The van der Waals surface area contributed by atoms with Crippen molar-refractivity contribution in [2.24, 2.45) is 5.73 Å². The number of carbonyl (C=O) groups excluding carboxylic acids is 2. The number of carboxylic acid groups (broad SMARTS) is 1. The maximum atomic E-state index is 13.0. The minimum Gasteiger partial charge on any atom is -0.480 e. The Kier molecular flexibility index (Phi) is 7.27. The molecule has 1 aliphatic heterocycles. The summed E-state index contributed by atoms with van der Waals surface area (Å²) in [5.41, 5.74) is 6.26. The van der Waals surface area contributed by atoms with Crippen molar-refractivity contribution in [3.8, 4) is 0 Å².